The molecule has 17 aromatic carbocycles. The summed E-state index contributed by atoms with van der Waals surface area (Å²) in [5.41, 5.74) is 33.4. The Morgan fingerprint density at radius 3 is 1.00 bits per heavy atom. The minimum Gasteiger partial charge on any atom is -0.310 e. The lowest BCUT2D eigenvalue weighted by molar-refractivity contribution is 0.590. The molecule has 0 aliphatic carbocycles. The van der Waals surface area contributed by atoms with Crippen molar-refractivity contribution in [3.05, 3.63) is 350 Å². The van der Waals surface area contributed by atoms with Crippen LogP contribution >= 0.6 is 0 Å². The van der Waals surface area contributed by atoms with Gasteiger partial charge >= 0.3 is 0 Å². The molecule has 0 unspecified atom stereocenters. The molecule has 3 nitrogen and oxygen atoms in total. The van der Waals surface area contributed by atoms with Crippen molar-refractivity contribution in [2.45, 2.75) is 78.6 Å². The van der Waals surface area contributed by atoms with E-state index >= 15 is 0 Å². The monoisotopic (exact) mass is 1380 g/mol. The Balaban J connectivity index is 0.964. The second-order valence-corrected chi connectivity index (χ2v) is 33.2. The Morgan fingerprint density at radius 1 is 0.241 bits per heavy atom. The maximum absolute atomic E-state index is 2.77. The molecule has 0 bridgehead atoms. The van der Waals surface area contributed by atoms with E-state index < -0.39 is 0 Å². The average molecular weight is 1380 g/mol. The Bertz CT molecular complexity index is 6490. The zero-order valence-corrected chi connectivity index (χ0v) is 62.7. The summed E-state index contributed by atoms with van der Waals surface area (Å²) >= 11 is 0. The third kappa shape index (κ3) is 10.4. The van der Waals surface area contributed by atoms with Crippen molar-refractivity contribution in [3.63, 3.8) is 0 Å². The Hall–Kier alpha value is -12.5. The predicted molar refractivity (Wildman–Crippen MR) is 464 cm³/mol. The number of hydrogen-bond donors (Lipinski definition) is 0. The number of anilines is 6. The van der Waals surface area contributed by atoms with Crippen LogP contribution in [0.4, 0.5) is 34.1 Å². The van der Waals surface area contributed by atoms with Crippen LogP contribution in [-0.2, 0) is 16.2 Å². The van der Waals surface area contributed by atoms with E-state index in [1.54, 1.807) is 0 Å². The van der Waals surface area contributed by atoms with Crippen LogP contribution in [0.3, 0.4) is 0 Å². The number of nitrogens with zero attached hydrogens (tertiary/aromatic N) is 3. The van der Waals surface area contributed by atoms with Gasteiger partial charge in [0.1, 0.15) is 0 Å². The number of fused-ring (bicyclic) bond motifs is 5. The fourth-order valence-electron chi connectivity index (χ4n) is 18.0. The Morgan fingerprint density at radius 2 is 0.583 bits per heavy atom. The largest absolute Gasteiger partial charge is 0.310 e. The molecule has 3 heterocycles. The third-order valence-corrected chi connectivity index (χ3v) is 23.5. The maximum atomic E-state index is 2.77. The minimum absolute atomic E-state index is 0.214. The lowest BCUT2D eigenvalue weighted by atomic mass is 9.33. The Labute approximate surface area is 634 Å². The summed E-state index contributed by atoms with van der Waals surface area (Å²) < 4.78 is 2.60. The maximum Gasteiger partial charge on any atom is 0.252 e. The quantitative estimate of drug-likeness (QED) is 0.0768. The molecule has 4 heteroatoms. The summed E-state index contributed by atoms with van der Waals surface area (Å²) in [6.07, 6.45) is 0. The van der Waals surface area contributed by atoms with Crippen molar-refractivity contribution in [2.24, 2.45) is 0 Å². The van der Waals surface area contributed by atoms with Crippen molar-refractivity contribution < 1.29 is 0 Å². The molecular formula is C104H82BN3. The van der Waals surface area contributed by atoms with E-state index in [2.05, 4.69) is 410 Å². The molecule has 516 valence electrons. The molecule has 0 N–H and O–H groups in total. The van der Waals surface area contributed by atoms with Gasteiger partial charge in [0.15, 0.2) is 0 Å². The molecule has 2 aliphatic rings. The van der Waals surface area contributed by atoms with Crippen LogP contribution in [0.15, 0.2) is 334 Å². The number of benzene rings is 17. The fourth-order valence-corrected chi connectivity index (χ4v) is 18.0. The van der Waals surface area contributed by atoms with E-state index in [0.717, 1.165) is 73.2 Å². The standard InChI is InChI=1S/C104H82BN3/c1-102(2,3)77-58-83(68-35-21-13-22-36-68)100(85(60-77)75-43-25-41-72(55-75)65-29-15-10-16-30-65)107-91-57-74(67-33-19-12-20-34-67)47-51-87(91)105-88-52-50-80(106-89-53-48-70-39-27-45-81-82-46-28-40-71-49-54-90(106)98(96(71)82)97(89)95(70)81)64-92(88)108(94-63-79(104(7,8)9)62-93(107)99(94)105)101-84(69-37-23-14-24-38-69)59-78(103(4,5)6)61-86(101)76-44-26-42-73(56-76)66-31-17-11-18-32-66/h10-64H,1-9H3. The van der Waals surface area contributed by atoms with E-state index in [1.165, 1.54) is 132 Å². The van der Waals surface area contributed by atoms with Gasteiger partial charge < -0.3 is 14.4 Å². The summed E-state index contributed by atoms with van der Waals surface area (Å²) in [5, 5.41) is 10.4. The first-order valence-corrected chi connectivity index (χ1v) is 38.3. The first kappa shape index (κ1) is 65.1. The molecule has 0 radical (unpaired) electrons. The first-order valence-electron chi connectivity index (χ1n) is 38.3. The molecule has 20 rings (SSSR count). The highest BCUT2D eigenvalue weighted by atomic mass is 15.2. The molecule has 18 aromatic rings. The van der Waals surface area contributed by atoms with Crippen molar-refractivity contribution in [1.82, 2.24) is 4.57 Å². The van der Waals surface area contributed by atoms with Gasteiger partial charge in [0.25, 0.3) is 6.71 Å². The molecule has 0 atom stereocenters. The van der Waals surface area contributed by atoms with Crippen molar-refractivity contribution in [1.29, 1.82) is 0 Å². The second kappa shape index (κ2) is 24.5. The molecule has 0 saturated heterocycles. The van der Waals surface area contributed by atoms with E-state index in [4.69, 9.17) is 0 Å². The van der Waals surface area contributed by atoms with E-state index in [0.29, 0.717) is 0 Å². The minimum atomic E-state index is -0.346. The van der Waals surface area contributed by atoms with Crippen LogP contribution in [0, 0.1) is 0 Å². The van der Waals surface area contributed by atoms with Gasteiger partial charge in [0, 0.05) is 61.5 Å². The molecule has 0 saturated carbocycles. The van der Waals surface area contributed by atoms with E-state index in [9.17, 15) is 0 Å². The molecule has 0 fully saturated rings. The van der Waals surface area contributed by atoms with Crippen LogP contribution in [0.1, 0.15) is 79.0 Å². The van der Waals surface area contributed by atoms with Gasteiger partial charge in [-0.3, -0.25) is 0 Å². The van der Waals surface area contributed by atoms with E-state index in [-0.39, 0.29) is 23.0 Å². The molecule has 2 aliphatic heterocycles. The van der Waals surface area contributed by atoms with Crippen molar-refractivity contribution in [2.75, 3.05) is 9.80 Å². The van der Waals surface area contributed by atoms with E-state index in [1.807, 2.05) is 0 Å². The lowest BCUT2D eigenvalue weighted by Crippen LogP contribution is -2.61. The van der Waals surface area contributed by atoms with Crippen LogP contribution < -0.4 is 26.2 Å². The molecule has 0 spiro atoms. The van der Waals surface area contributed by atoms with Gasteiger partial charge in [-0.1, -0.05) is 317 Å². The highest BCUT2D eigenvalue weighted by Gasteiger charge is 2.47. The fraction of sp³-hybridized carbons (Fsp3) is 0.115. The van der Waals surface area contributed by atoms with Gasteiger partial charge in [-0.25, -0.2) is 0 Å². The van der Waals surface area contributed by atoms with Crippen molar-refractivity contribution in [3.8, 4) is 83.6 Å². The summed E-state index contributed by atoms with van der Waals surface area (Å²) in [5.74, 6) is 0. The van der Waals surface area contributed by atoms with Gasteiger partial charge in [-0.05, 0) is 216 Å². The highest BCUT2D eigenvalue weighted by molar-refractivity contribution is 7.00. The Kier molecular flexibility index (Phi) is 14.8. The first-order chi connectivity index (χ1) is 52.5. The number of hydrogen-bond acceptors (Lipinski definition) is 2. The number of aromatic nitrogens is 1. The summed E-state index contributed by atoms with van der Waals surface area (Å²) in [6.45, 7) is 21.2. The zero-order chi connectivity index (χ0) is 73.1. The molecule has 1 aromatic heterocycles. The normalized spacial score (nSPS) is 13.0. The number of rotatable bonds is 10. The van der Waals surface area contributed by atoms with Crippen molar-refractivity contribution >= 4 is 111 Å². The second-order valence-electron chi connectivity index (χ2n) is 33.2. The van der Waals surface area contributed by atoms with Gasteiger partial charge in [-0.15, -0.1) is 0 Å². The van der Waals surface area contributed by atoms with Crippen LogP contribution in [0.5, 0.6) is 0 Å². The third-order valence-electron chi connectivity index (χ3n) is 23.5. The van der Waals surface area contributed by atoms with Crippen LogP contribution in [0.25, 0.3) is 138 Å². The lowest BCUT2D eigenvalue weighted by Gasteiger charge is -2.47. The summed E-state index contributed by atoms with van der Waals surface area (Å²) in [4.78, 5) is 5.51. The zero-order valence-electron chi connectivity index (χ0n) is 62.7. The molecular weight excluding hydrogens is 1300 g/mol. The molecule has 108 heavy (non-hydrogen) atoms. The summed E-state index contributed by atoms with van der Waals surface area (Å²) in [6, 6.07) is 128. The predicted octanol–water partition coefficient (Wildman–Crippen LogP) is 26.8. The highest BCUT2D eigenvalue weighted by Crippen LogP contribution is 2.57. The SMILES string of the molecule is CC(C)(C)c1cc(-c2ccccc2)c(N2c3cc(-c4ccccc4)ccc3B3c4ccc(-n5c6ccc7cccc8c9cccc%10ccc5c(c%109)c6c78)cc4N(c4c(-c5ccccc5)cc(C(C)(C)C)cc4-c4cccc(-c5ccccc5)c4)c4cc(C(C)(C)C)cc2c43)c(-c2cccc(-c3ccccc3)c2)c1. The van der Waals surface area contributed by atoms with Crippen LogP contribution in [-0.4, -0.2) is 11.3 Å². The topological polar surface area (TPSA) is 11.4 Å². The van der Waals surface area contributed by atoms with Gasteiger partial charge in [-0.2, -0.15) is 0 Å². The van der Waals surface area contributed by atoms with Crippen LogP contribution in [0.2, 0.25) is 0 Å². The summed E-state index contributed by atoms with van der Waals surface area (Å²) in [7, 11) is 0. The molecule has 0 amide bonds. The van der Waals surface area contributed by atoms with Gasteiger partial charge in [0.2, 0.25) is 0 Å². The average Bonchev–Trinajstić information content (AvgIpc) is 1.17. The van der Waals surface area contributed by atoms with Gasteiger partial charge in [0.05, 0.1) is 22.4 Å². The smallest absolute Gasteiger partial charge is 0.252 e.